The van der Waals surface area contributed by atoms with Crippen molar-refractivity contribution in [1.29, 1.82) is 0 Å². The lowest BCUT2D eigenvalue weighted by atomic mass is 9.81. The number of aromatic nitrogens is 4. The third-order valence-corrected chi connectivity index (χ3v) is 7.89. The molecule has 0 aromatic carbocycles. The fraction of sp³-hybridized carbons (Fsp3) is 0.444. The molecule has 0 bridgehead atoms. The minimum atomic E-state index is 0.507. The highest BCUT2D eigenvalue weighted by Crippen LogP contribution is 2.49. The Morgan fingerprint density at radius 3 is 2.44 bits per heavy atom. The third-order valence-electron chi connectivity index (χ3n) is 5.22. The van der Waals surface area contributed by atoms with E-state index in [0.29, 0.717) is 5.92 Å². The summed E-state index contributed by atoms with van der Waals surface area (Å²) in [5.41, 5.74) is 9.45. The maximum atomic E-state index is 6.56. The van der Waals surface area contributed by atoms with E-state index in [1.54, 1.807) is 23.7 Å². The van der Waals surface area contributed by atoms with Crippen molar-refractivity contribution in [3.63, 3.8) is 0 Å². The average molecular weight is 370 g/mol. The minimum absolute atomic E-state index is 0.507. The maximum Gasteiger partial charge on any atom is 0.164 e. The first-order chi connectivity index (χ1) is 12.3. The fourth-order valence-electron chi connectivity index (χ4n) is 3.28. The molecule has 5 rings (SSSR count). The van der Waals surface area contributed by atoms with Gasteiger partial charge in [0.15, 0.2) is 5.82 Å². The smallest absolute Gasteiger partial charge is 0.164 e. The number of rotatable bonds is 4. The lowest BCUT2D eigenvalue weighted by Gasteiger charge is -2.26. The summed E-state index contributed by atoms with van der Waals surface area (Å²) in [6.45, 7) is 0. The van der Waals surface area contributed by atoms with E-state index in [1.807, 2.05) is 11.8 Å². The van der Waals surface area contributed by atoms with Crippen LogP contribution in [0.3, 0.4) is 0 Å². The highest BCUT2D eigenvalue weighted by atomic mass is 32.2. The van der Waals surface area contributed by atoms with Crippen LogP contribution in [0.1, 0.15) is 50.1 Å². The molecule has 0 amide bonds. The number of nitrogens with two attached hydrogens (primary N) is 1. The Kier molecular flexibility index (Phi) is 3.86. The molecule has 3 aromatic heterocycles. The topological polar surface area (TPSA) is 77.6 Å². The van der Waals surface area contributed by atoms with Crippen LogP contribution in [0.4, 0.5) is 5.69 Å². The Labute approximate surface area is 154 Å². The largest absolute Gasteiger partial charge is 0.397 e. The van der Waals surface area contributed by atoms with Crippen LogP contribution >= 0.6 is 23.1 Å². The molecule has 128 valence electrons. The predicted octanol–water partition coefficient (Wildman–Crippen LogP) is 4.64. The van der Waals surface area contributed by atoms with Gasteiger partial charge in [-0.1, -0.05) is 12.8 Å². The van der Waals surface area contributed by atoms with Crippen LogP contribution in [0.25, 0.3) is 21.6 Å². The van der Waals surface area contributed by atoms with Crippen LogP contribution in [0.15, 0.2) is 22.9 Å². The third kappa shape index (κ3) is 2.69. The van der Waals surface area contributed by atoms with Gasteiger partial charge in [-0.25, -0.2) is 19.9 Å². The molecule has 0 saturated heterocycles. The van der Waals surface area contributed by atoms with Gasteiger partial charge in [-0.05, 0) is 25.7 Å². The Morgan fingerprint density at radius 1 is 1.04 bits per heavy atom. The second-order valence-corrected chi connectivity index (χ2v) is 9.41. The van der Waals surface area contributed by atoms with Gasteiger partial charge in [0.1, 0.15) is 11.2 Å². The summed E-state index contributed by atoms with van der Waals surface area (Å²) in [5, 5.41) is 1.81. The molecule has 2 fully saturated rings. The van der Waals surface area contributed by atoms with Gasteiger partial charge >= 0.3 is 0 Å². The molecule has 0 unspecified atom stereocenters. The van der Waals surface area contributed by atoms with Crippen molar-refractivity contribution in [2.75, 3.05) is 5.73 Å². The molecule has 2 aliphatic carbocycles. The Morgan fingerprint density at radius 2 is 1.80 bits per heavy atom. The highest BCUT2D eigenvalue weighted by Gasteiger charge is 2.29. The van der Waals surface area contributed by atoms with Crippen LogP contribution in [0.5, 0.6) is 0 Å². The van der Waals surface area contributed by atoms with Crippen LogP contribution in [-0.2, 0) is 0 Å². The normalized spacial score (nSPS) is 18.2. The van der Waals surface area contributed by atoms with E-state index in [1.165, 1.54) is 49.1 Å². The molecular formula is C18H19N5S2. The molecular weight excluding hydrogens is 350 g/mol. The molecule has 3 heterocycles. The van der Waals surface area contributed by atoms with E-state index in [4.69, 9.17) is 15.7 Å². The predicted molar refractivity (Wildman–Crippen MR) is 103 cm³/mol. The molecule has 25 heavy (non-hydrogen) atoms. The van der Waals surface area contributed by atoms with Gasteiger partial charge in [0, 0.05) is 23.6 Å². The molecule has 3 aromatic rings. The van der Waals surface area contributed by atoms with Gasteiger partial charge in [0.2, 0.25) is 0 Å². The quantitative estimate of drug-likeness (QED) is 0.722. The highest BCUT2D eigenvalue weighted by molar-refractivity contribution is 8.02. The number of hydrogen-bond acceptors (Lipinski definition) is 7. The number of nitrogen functional groups attached to an aromatic ring is 1. The summed E-state index contributed by atoms with van der Waals surface area (Å²) in [5.74, 6) is 1.23. The first-order valence-corrected chi connectivity index (χ1v) is 10.5. The van der Waals surface area contributed by atoms with E-state index >= 15 is 0 Å². The first-order valence-electron chi connectivity index (χ1n) is 8.81. The van der Waals surface area contributed by atoms with Crippen LogP contribution in [0, 0.1) is 0 Å². The summed E-state index contributed by atoms with van der Waals surface area (Å²) in [4.78, 5) is 19.0. The van der Waals surface area contributed by atoms with Crippen molar-refractivity contribution in [3.05, 3.63) is 24.4 Å². The van der Waals surface area contributed by atoms with Gasteiger partial charge in [-0.2, -0.15) is 0 Å². The monoisotopic (exact) mass is 369 g/mol. The van der Waals surface area contributed by atoms with Crippen LogP contribution < -0.4 is 5.73 Å². The van der Waals surface area contributed by atoms with Crippen molar-refractivity contribution in [3.8, 4) is 11.4 Å². The second-order valence-electron chi connectivity index (χ2n) is 6.84. The first kappa shape index (κ1) is 15.5. The Balaban J connectivity index is 1.65. The lowest BCUT2D eigenvalue weighted by molar-refractivity contribution is 0.414. The SMILES string of the molecule is Nc1c(SC2CCC2)sc2nc(-c3cncnc3)nc(C3CCC3)c12. The Bertz CT molecular complexity index is 916. The van der Waals surface area contributed by atoms with E-state index in [2.05, 4.69) is 9.97 Å². The minimum Gasteiger partial charge on any atom is -0.397 e. The summed E-state index contributed by atoms with van der Waals surface area (Å²) in [6.07, 6.45) is 12.7. The van der Waals surface area contributed by atoms with E-state index < -0.39 is 0 Å². The molecule has 2 saturated carbocycles. The zero-order valence-electron chi connectivity index (χ0n) is 13.8. The molecule has 2 aliphatic rings. The van der Waals surface area contributed by atoms with Crippen molar-refractivity contribution >= 4 is 39.0 Å². The van der Waals surface area contributed by atoms with Crippen molar-refractivity contribution < 1.29 is 0 Å². The standard InChI is InChI=1S/C18H19N5S2/c19-14-13-15(10-3-1-4-10)22-16(11-7-20-9-21-8-11)23-17(13)25-18(14)24-12-5-2-6-12/h7-10,12H,1-6,19H2. The molecule has 0 radical (unpaired) electrons. The van der Waals surface area contributed by atoms with Gasteiger partial charge < -0.3 is 5.73 Å². The summed E-state index contributed by atoms with van der Waals surface area (Å²) >= 11 is 3.65. The fourth-order valence-corrected chi connectivity index (χ4v) is 6.05. The zero-order valence-corrected chi connectivity index (χ0v) is 15.4. The molecule has 0 atom stereocenters. The molecule has 7 heteroatoms. The number of thioether (sulfide) groups is 1. The lowest BCUT2D eigenvalue weighted by Crippen LogP contribution is -2.13. The summed E-state index contributed by atoms with van der Waals surface area (Å²) in [6, 6.07) is 0. The molecule has 2 N–H and O–H groups in total. The van der Waals surface area contributed by atoms with E-state index in [-0.39, 0.29) is 0 Å². The Hall–Kier alpha value is -1.73. The number of thiophene rings is 1. The number of anilines is 1. The van der Waals surface area contributed by atoms with Crippen LogP contribution in [-0.4, -0.2) is 25.2 Å². The molecule has 0 spiro atoms. The number of fused-ring (bicyclic) bond motifs is 1. The van der Waals surface area contributed by atoms with Crippen LogP contribution in [0.2, 0.25) is 0 Å². The molecule has 0 aliphatic heterocycles. The number of hydrogen-bond donors (Lipinski definition) is 1. The second kappa shape index (κ2) is 6.21. The maximum absolute atomic E-state index is 6.56. The van der Waals surface area contributed by atoms with Gasteiger partial charge in [-0.15, -0.1) is 23.1 Å². The van der Waals surface area contributed by atoms with E-state index in [0.717, 1.165) is 38.2 Å². The summed E-state index contributed by atoms with van der Waals surface area (Å²) < 4.78 is 1.22. The summed E-state index contributed by atoms with van der Waals surface area (Å²) in [7, 11) is 0. The van der Waals surface area contributed by atoms with Crippen molar-refractivity contribution in [1.82, 2.24) is 19.9 Å². The van der Waals surface area contributed by atoms with Gasteiger partial charge in [-0.3, -0.25) is 0 Å². The van der Waals surface area contributed by atoms with Gasteiger partial charge in [0.25, 0.3) is 0 Å². The average Bonchev–Trinajstić information content (AvgIpc) is 2.86. The van der Waals surface area contributed by atoms with Crippen molar-refractivity contribution in [2.45, 2.75) is 53.9 Å². The van der Waals surface area contributed by atoms with Gasteiger partial charge in [0.05, 0.1) is 26.5 Å². The van der Waals surface area contributed by atoms with E-state index in [9.17, 15) is 0 Å². The zero-order chi connectivity index (χ0) is 16.8. The number of nitrogens with zero attached hydrogens (tertiary/aromatic N) is 4. The molecule has 5 nitrogen and oxygen atoms in total. The van der Waals surface area contributed by atoms with Crippen molar-refractivity contribution in [2.24, 2.45) is 0 Å².